The molecule has 2 aromatic rings. The average molecular weight is 399 g/mol. The Bertz CT molecular complexity index is 839. The van der Waals surface area contributed by atoms with Gasteiger partial charge in [-0.05, 0) is 43.5 Å². The van der Waals surface area contributed by atoms with E-state index in [9.17, 15) is 4.79 Å². The molecule has 0 unspecified atom stereocenters. The van der Waals surface area contributed by atoms with Gasteiger partial charge in [0.05, 0.1) is 27.4 Å². The first-order chi connectivity index (χ1) is 14.1. The minimum absolute atomic E-state index is 0.0792. The van der Waals surface area contributed by atoms with Crippen LogP contribution in [0.15, 0.2) is 42.5 Å². The molecule has 0 saturated heterocycles. The highest BCUT2D eigenvalue weighted by Crippen LogP contribution is 2.33. The number of para-hydroxylation sites is 1. The van der Waals surface area contributed by atoms with Crippen molar-refractivity contribution in [2.24, 2.45) is 0 Å². The van der Waals surface area contributed by atoms with Crippen molar-refractivity contribution in [2.45, 2.75) is 25.8 Å². The number of benzene rings is 2. The summed E-state index contributed by atoms with van der Waals surface area (Å²) in [6, 6.07) is 14.1. The van der Waals surface area contributed by atoms with Crippen LogP contribution in [0.2, 0.25) is 0 Å². The van der Waals surface area contributed by atoms with E-state index in [0.29, 0.717) is 24.7 Å². The van der Waals surface area contributed by atoms with Crippen molar-refractivity contribution in [2.75, 3.05) is 50.8 Å². The van der Waals surface area contributed by atoms with E-state index in [-0.39, 0.29) is 18.5 Å². The second-order valence-electron chi connectivity index (χ2n) is 7.23. The Morgan fingerprint density at radius 3 is 2.59 bits per heavy atom. The highest BCUT2D eigenvalue weighted by molar-refractivity contribution is 5.98. The number of rotatable bonds is 8. The highest BCUT2D eigenvalue weighted by atomic mass is 16.5. The summed E-state index contributed by atoms with van der Waals surface area (Å²) < 4.78 is 16.1. The van der Waals surface area contributed by atoms with E-state index >= 15 is 0 Å². The third-order valence-electron chi connectivity index (χ3n) is 5.42. The summed E-state index contributed by atoms with van der Waals surface area (Å²) in [6.45, 7) is 3.50. The zero-order valence-electron chi connectivity index (χ0n) is 17.7. The molecule has 0 aliphatic carbocycles. The molecule has 0 aromatic heterocycles. The molecule has 1 atom stereocenters. The lowest BCUT2D eigenvalue weighted by Gasteiger charge is -2.37. The fourth-order valence-corrected chi connectivity index (χ4v) is 3.83. The zero-order chi connectivity index (χ0) is 20.8. The van der Waals surface area contributed by atoms with Gasteiger partial charge in [0, 0.05) is 37.1 Å². The molecule has 6 nitrogen and oxygen atoms in total. The summed E-state index contributed by atoms with van der Waals surface area (Å²) in [5.41, 5.74) is 3.15. The first-order valence-corrected chi connectivity index (χ1v) is 9.95. The van der Waals surface area contributed by atoms with Crippen molar-refractivity contribution in [3.63, 3.8) is 0 Å². The van der Waals surface area contributed by atoms with Crippen LogP contribution in [0.5, 0.6) is 11.5 Å². The number of hydrogen-bond acceptors (Lipinski definition) is 5. The summed E-state index contributed by atoms with van der Waals surface area (Å²) in [4.78, 5) is 17.4. The van der Waals surface area contributed by atoms with E-state index < -0.39 is 0 Å². The molecule has 1 heterocycles. The van der Waals surface area contributed by atoms with Gasteiger partial charge in [0.25, 0.3) is 0 Å². The van der Waals surface area contributed by atoms with Crippen LogP contribution in [-0.2, 0) is 16.0 Å². The van der Waals surface area contributed by atoms with Gasteiger partial charge in [-0.1, -0.05) is 18.2 Å². The predicted molar refractivity (Wildman–Crippen MR) is 115 cm³/mol. The molecular weight excluding hydrogens is 368 g/mol. The summed E-state index contributed by atoms with van der Waals surface area (Å²) in [5.74, 6) is 1.37. The smallest absolute Gasteiger partial charge is 0.246 e. The zero-order valence-corrected chi connectivity index (χ0v) is 17.7. The largest absolute Gasteiger partial charge is 0.493 e. The van der Waals surface area contributed by atoms with Crippen molar-refractivity contribution in [1.82, 2.24) is 0 Å². The van der Waals surface area contributed by atoms with Gasteiger partial charge >= 0.3 is 0 Å². The Morgan fingerprint density at radius 1 is 1.10 bits per heavy atom. The van der Waals surface area contributed by atoms with Gasteiger partial charge in [0.15, 0.2) is 11.5 Å². The van der Waals surface area contributed by atoms with Crippen LogP contribution in [0, 0.1) is 0 Å². The molecule has 0 fully saturated rings. The van der Waals surface area contributed by atoms with Crippen molar-refractivity contribution in [3.05, 3.63) is 48.0 Å². The lowest BCUT2D eigenvalue weighted by Crippen LogP contribution is -2.47. The van der Waals surface area contributed by atoms with E-state index in [0.717, 1.165) is 24.2 Å². The molecule has 0 bridgehead atoms. The lowest BCUT2D eigenvalue weighted by atomic mass is 9.96. The number of aryl methyl sites for hydroxylation is 1. The Hall–Kier alpha value is -2.73. The topological polar surface area (TPSA) is 51.2 Å². The predicted octanol–water partition coefficient (Wildman–Crippen LogP) is 3.52. The number of methoxy groups -OCH3 is 3. The molecule has 0 spiro atoms. The first kappa shape index (κ1) is 21.0. The molecule has 1 amide bonds. The number of carbonyl (C=O) groups is 1. The molecule has 0 saturated carbocycles. The van der Waals surface area contributed by atoms with E-state index in [1.54, 1.807) is 21.3 Å². The second kappa shape index (κ2) is 9.65. The third-order valence-corrected chi connectivity index (χ3v) is 5.42. The van der Waals surface area contributed by atoms with Crippen LogP contribution in [0.25, 0.3) is 0 Å². The maximum absolute atomic E-state index is 13.4. The third kappa shape index (κ3) is 4.65. The number of amides is 1. The monoisotopic (exact) mass is 398 g/mol. The van der Waals surface area contributed by atoms with Crippen LogP contribution < -0.4 is 19.3 Å². The van der Waals surface area contributed by atoms with Crippen LogP contribution in [0.3, 0.4) is 0 Å². The summed E-state index contributed by atoms with van der Waals surface area (Å²) >= 11 is 0. The van der Waals surface area contributed by atoms with Crippen molar-refractivity contribution in [3.8, 4) is 11.5 Å². The molecule has 1 aliphatic rings. The quantitative estimate of drug-likeness (QED) is 0.681. The minimum atomic E-state index is 0.0792. The highest BCUT2D eigenvalue weighted by Gasteiger charge is 2.29. The molecule has 0 N–H and O–H groups in total. The number of fused-ring (bicyclic) bond motifs is 1. The summed E-state index contributed by atoms with van der Waals surface area (Å²) in [6.07, 6.45) is 1.97. The molecule has 2 aromatic carbocycles. The maximum Gasteiger partial charge on any atom is 0.246 e. The maximum atomic E-state index is 13.4. The second-order valence-corrected chi connectivity index (χ2v) is 7.23. The summed E-state index contributed by atoms with van der Waals surface area (Å²) in [7, 11) is 4.88. The Labute approximate surface area is 173 Å². The van der Waals surface area contributed by atoms with Crippen LogP contribution in [0.4, 0.5) is 11.4 Å². The Morgan fingerprint density at radius 2 is 1.86 bits per heavy atom. The van der Waals surface area contributed by atoms with E-state index in [4.69, 9.17) is 14.2 Å². The van der Waals surface area contributed by atoms with E-state index in [1.165, 1.54) is 5.56 Å². The standard InChI is InChI=1S/C23H30N2O4/c1-17-9-10-18-7-5-6-8-20(18)25(17)23(26)16-24(13-14-27-2)19-11-12-21(28-3)22(15-19)29-4/h5-8,11-12,15,17H,9-10,13-14,16H2,1-4H3/t17-/m1/s1. The van der Waals surface area contributed by atoms with E-state index in [1.807, 2.05) is 46.2 Å². The molecule has 156 valence electrons. The first-order valence-electron chi connectivity index (χ1n) is 9.95. The van der Waals surface area contributed by atoms with E-state index in [2.05, 4.69) is 13.0 Å². The summed E-state index contributed by atoms with van der Waals surface area (Å²) in [5, 5.41) is 0. The average Bonchev–Trinajstić information content (AvgIpc) is 2.75. The molecule has 29 heavy (non-hydrogen) atoms. The number of carbonyl (C=O) groups excluding carboxylic acids is 1. The number of anilines is 2. The van der Waals surface area contributed by atoms with Gasteiger partial charge in [-0.2, -0.15) is 0 Å². The van der Waals surface area contributed by atoms with Gasteiger partial charge in [0.1, 0.15) is 0 Å². The van der Waals surface area contributed by atoms with Crippen LogP contribution in [0.1, 0.15) is 18.9 Å². The van der Waals surface area contributed by atoms with Gasteiger partial charge in [-0.3, -0.25) is 4.79 Å². The number of nitrogens with zero attached hydrogens (tertiary/aromatic N) is 2. The normalized spacial score (nSPS) is 15.6. The van der Waals surface area contributed by atoms with Crippen molar-refractivity contribution < 1.29 is 19.0 Å². The molecule has 3 rings (SSSR count). The van der Waals surface area contributed by atoms with Gasteiger partial charge in [-0.15, -0.1) is 0 Å². The Kier molecular flexibility index (Phi) is 6.99. The van der Waals surface area contributed by atoms with Crippen LogP contribution >= 0.6 is 0 Å². The molecule has 0 radical (unpaired) electrons. The van der Waals surface area contributed by atoms with Gasteiger partial charge in [0.2, 0.25) is 5.91 Å². The molecular formula is C23H30N2O4. The Balaban J connectivity index is 1.86. The van der Waals surface area contributed by atoms with Gasteiger partial charge < -0.3 is 24.0 Å². The fraction of sp³-hybridized carbons (Fsp3) is 0.435. The minimum Gasteiger partial charge on any atom is -0.493 e. The van der Waals surface area contributed by atoms with Crippen molar-refractivity contribution >= 4 is 17.3 Å². The van der Waals surface area contributed by atoms with Gasteiger partial charge in [-0.25, -0.2) is 0 Å². The fourth-order valence-electron chi connectivity index (χ4n) is 3.83. The lowest BCUT2D eigenvalue weighted by molar-refractivity contribution is -0.117. The SMILES string of the molecule is COCCN(CC(=O)N1c2ccccc2CC[C@H]1C)c1ccc(OC)c(OC)c1. The van der Waals surface area contributed by atoms with Crippen LogP contribution in [-0.4, -0.2) is 53.0 Å². The molecule has 1 aliphatic heterocycles. The molecule has 6 heteroatoms. The number of hydrogen-bond donors (Lipinski definition) is 0. The van der Waals surface area contributed by atoms with Crippen molar-refractivity contribution in [1.29, 1.82) is 0 Å². The number of ether oxygens (including phenoxy) is 3.